The van der Waals surface area contributed by atoms with Gasteiger partial charge in [0.25, 0.3) is 0 Å². The lowest BCUT2D eigenvalue weighted by Crippen LogP contribution is -2.06. The molecule has 0 bridgehead atoms. The molecule has 0 amide bonds. The molecule has 0 aliphatic rings. The average Bonchev–Trinajstić information content (AvgIpc) is 2.36. The van der Waals surface area contributed by atoms with Gasteiger partial charge in [-0.1, -0.05) is 17.8 Å². The Hall–Kier alpha value is -1.32. The smallest absolute Gasteiger partial charge is 0.123 e. The van der Waals surface area contributed by atoms with Gasteiger partial charge in [0, 0.05) is 15.8 Å². The van der Waals surface area contributed by atoms with E-state index in [1.165, 1.54) is 23.3 Å². The van der Waals surface area contributed by atoms with E-state index in [0.29, 0.717) is 0 Å². The molecule has 2 N–H and O–H groups in total. The molecule has 0 heterocycles. The molecule has 0 spiro atoms. The Bertz CT molecular complexity index is 593. The molecule has 0 aromatic heterocycles. The summed E-state index contributed by atoms with van der Waals surface area (Å²) in [6, 6.07) is 11.0. The summed E-state index contributed by atoms with van der Waals surface area (Å²) in [7, 11) is 0. The first-order chi connectivity index (χ1) is 8.97. The number of hydrogen-bond donors (Lipinski definition) is 1. The molecule has 0 aliphatic heterocycles. The van der Waals surface area contributed by atoms with Gasteiger partial charge < -0.3 is 5.73 Å². The minimum atomic E-state index is -0.239. The highest BCUT2D eigenvalue weighted by atomic mass is 32.2. The van der Waals surface area contributed by atoms with Crippen LogP contribution in [-0.2, 0) is 0 Å². The van der Waals surface area contributed by atoms with Crippen molar-refractivity contribution in [2.45, 2.75) is 36.6 Å². The number of benzene rings is 2. The SMILES string of the molecule is Cc1ccc(Sc2ccc(F)cc2C(C)N)cc1C. The summed E-state index contributed by atoms with van der Waals surface area (Å²) in [6.07, 6.45) is 0. The van der Waals surface area contributed by atoms with Crippen molar-refractivity contribution >= 4 is 11.8 Å². The second kappa shape index (κ2) is 5.76. The maximum atomic E-state index is 13.3. The molecule has 0 saturated heterocycles. The summed E-state index contributed by atoms with van der Waals surface area (Å²) in [5.41, 5.74) is 9.29. The van der Waals surface area contributed by atoms with Crippen molar-refractivity contribution in [1.82, 2.24) is 0 Å². The maximum absolute atomic E-state index is 13.3. The minimum absolute atomic E-state index is 0.176. The van der Waals surface area contributed by atoms with Gasteiger partial charge in [-0.05, 0) is 67.8 Å². The van der Waals surface area contributed by atoms with Crippen LogP contribution in [0, 0.1) is 19.7 Å². The zero-order valence-corrected chi connectivity index (χ0v) is 12.2. The fourth-order valence-electron chi connectivity index (χ4n) is 1.87. The molecule has 2 aromatic rings. The zero-order chi connectivity index (χ0) is 14.0. The van der Waals surface area contributed by atoms with E-state index >= 15 is 0 Å². The van der Waals surface area contributed by atoms with Crippen molar-refractivity contribution in [2.24, 2.45) is 5.73 Å². The summed E-state index contributed by atoms with van der Waals surface area (Å²) >= 11 is 1.63. The van der Waals surface area contributed by atoms with E-state index in [4.69, 9.17) is 5.73 Å². The molecule has 2 aromatic carbocycles. The van der Waals surface area contributed by atoms with E-state index < -0.39 is 0 Å². The van der Waals surface area contributed by atoms with Crippen LogP contribution in [0.2, 0.25) is 0 Å². The number of hydrogen-bond acceptors (Lipinski definition) is 2. The summed E-state index contributed by atoms with van der Waals surface area (Å²) in [4.78, 5) is 2.16. The largest absolute Gasteiger partial charge is 0.324 e. The number of aryl methyl sites for hydroxylation is 2. The van der Waals surface area contributed by atoms with Crippen LogP contribution in [0.15, 0.2) is 46.2 Å². The second-order valence-electron chi connectivity index (χ2n) is 4.82. The lowest BCUT2D eigenvalue weighted by Gasteiger charge is -2.13. The number of rotatable bonds is 3. The van der Waals surface area contributed by atoms with Crippen molar-refractivity contribution in [1.29, 1.82) is 0 Å². The molecule has 0 saturated carbocycles. The normalized spacial score (nSPS) is 12.5. The van der Waals surface area contributed by atoms with Crippen LogP contribution >= 0.6 is 11.8 Å². The molecule has 0 radical (unpaired) electrons. The van der Waals surface area contributed by atoms with Crippen LogP contribution in [0.4, 0.5) is 4.39 Å². The van der Waals surface area contributed by atoms with Gasteiger partial charge in [-0.2, -0.15) is 0 Å². The molecule has 19 heavy (non-hydrogen) atoms. The Balaban J connectivity index is 2.35. The van der Waals surface area contributed by atoms with Crippen molar-refractivity contribution in [3.8, 4) is 0 Å². The third kappa shape index (κ3) is 3.37. The summed E-state index contributed by atoms with van der Waals surface area (Å²) < 4.78 is 13.3. The predicted octanol–water partition coefficient (Wildman–Crippen LogP) is 4.61. The second-order valence-corrected chi connectivity index (χ2v) is 5.93. The highest BCUT2D eigenvalue weighted by Gasteiger charge is 2.10. The maximum Gasteiger partial charge on any atom is 0.123 e. The van der Waals surface area contributed by atoms with E-state index in [-0.39, 0.29) is 11.9 Å². The molecular weight excluding hydrogens is 257 g/mol. The van der Waals surface area contributed by atoms with E-state index in [9.17, 15) is 4.39 Å². The molecule has 0 fully saturated rings. The fourth-order valence-corrected chi connectivity index (χ4v) is 3.00. The van der Waals surface area contributed by atoms with Gasteiger partial charge in [-0.25, -0.2) is 4.39 Å². The zero-order valence-electron chi connectivity index (χ0n) is 11.4. The van der Waals surface area contributed by atoms with Crippen LogP contribution in [0.25, 0.3) is 0 Å². The van der Waals surface area contributed by atoms with Crippen molar-refractivity contribution in [3.63, 3.8) is 0 Å². The van der Waals surface area contributed by atoms with Gasteiger partial charge in [-0.3, -0.25) is 0 Å². The lowest BCUT2D eigenvalue weighted by atomic mass is 10.1. The fraction of sp³-hybridized carbons (Fsp3) is 0.250. The molecule has 0 aliphatic carbocycles. The first-order valence-electron chi connectivity index (χ1n) is 6.27. The van der Waals surface area contributed by atoms with Gasteiger partial charge in [0.05, 0.1) is 0 Å². The van der Waals surface area contributed by atoms with E-state index in [2.05, 4.69) is 32.0 Å². The third-order valence-corrected chi connectivity index (χ3v) is 4.25. The number of halogens is 1. The van der Waals surface area contributed by atoms with Gasteiger partial charge >= 0.3 is 0 Å². The Morgan fingerprint density at radius 1 is 1.05 bits per heavy atom. The number of nitrogens with two attached hydrogens (primary N) is 1. The third-order valence-electron chi connectivity index (χ3n) is 3.17. The standard InChI is InChI=1S/C16H18FNS/c1-10-4-6-14(8-11(10)2)19-16-7-5-13(17)9-15(16)12(3)18/h4-9,12H,18H2,1-3H3. The van der Waals surface area contributed by atoms with Crippen LogP contribution in [0.3, 0.4) is 0 Å². The van der Waals surface area contributed by atoms with E-state index in [1.807, 2.05) is 6.92 Å². The average molecular weight is 275 g/mol. The molecule has 1 nitrogen and oxygen atoms in total. The molecule has 1 atom stereocenters. The van der Waals surface area contributed by atoms with Crippen molar-refractivity contribution in [2.75, 3.05) is 0 Å². The Morgan fingerprint density at radius 2 is 1.79 bits per heavy atom. The minimum Gasteiger partial charge on any atom is -0.324 e. The van der Waals surface area contributed by atoms with Crippen molar-refractivity contribution in [3.05, 3.63) is 58.9 Å². The topological polar surface area (TPSA) is 26.0 Å². The molecule has 1 unspecified atom stereocenters. The van der Waals surface area contributed by atoms with E-state index in [0.717, 1.165) is 15.4 Å². The first kappa shape index (κ1) is 14.1. The van der Waals surface area contributed by atoms with Crippen LogP contribution in [0.5, 0.6) is 0 Å². The monoisotopic (exact) mass is 275 g/mol. The van der Waals surface area contributed by atoms with Crippen LogP contribution in [0.1, 0.15) is 29.7 Å². The molecule has 100 valence electrons. The van der Waals surface area contributed by atoms with Gasteiger partial charge in [0.1, 0.15) is 5.82 Å². The molecule has 3 heteroatoms. The molecular formula is C16H18FNS. The first-order valence-corrected chi connectivity index (χ1v) is 7.09. The van der Waals surface area contributed by atoms with Crippen molar-refractivity contribution < 1.29 is 4.39 Å². The lowest BCUT2D eigenvalue weighted by molar-refractivity contribution is 0.619. The quantitative estimate of drug-likeness (QED) is 0.885. The highest BCUT2D eigenvalue weighted by Crippen LogP contribution is 2.34. The summed E-state index contributed by atoms with van der Waals surface area (Å²) in [5.74, 6) is -0.239. The Labute approximate surface area is 118 Å². The van der Waals surface area contributed by atoms with Crippen LogP contribution in [-0.4, -0.2) is 0 Å². The van der Waals surface area contributed by atoms with Gasteiger partial charge in [-0.15, -0.1) is 0 Å². The van der Waals surface area contributed by atoms with Gasteiger partial charge in [0.15, 0.2) is 0 Å². The Morgan fingerprint density at radius 3 is 2.42 bits per heavy atom. The van der Waals surface area contributed by atoms with Crippen LogP contribution < -0.4 is 5.73 Å². The van der Waals surface area contributed by atoms with E-state index in [1.54, 1.807) is 17.8 Å². The summed E-state index contributed by atoms with van der Waals surface area (Å²) in [6.45, 7) is 6.06. The van der Waals surface area contributed by atoms with Gasteiger partial charge in [0.2, 0.25) is 0 Å². The summed E-state index contributed by atoms with van der Waals surface area (Å²) in [5, 5.41) is 0. The molecule has 2 rings (SSSR count). The predicted molar refractivity (Wildman–Crippen MR) is 79.0 cm³/mol. The Kier molecular flexibility index (Phi) is 4.27. The highest BCUT2D eigenvalue weighted by molar-refractivity contribution is 7.99.